The molecule has 5 nitrogen and oxygen atoms in total. The molecule has 0 radical (unpaired) electrons. The van der Waals surface area contributed by atoms with Crippen molar-refractivity contribution in [3.8, 4) is 10.7 Å². The second-order valence-corrected chi connectivity index (χ2v) is 6.42. The smallest absolute Gasteiger partial charge is 0.275 e. The molecule has 1 aromatic carbocycles. The van der Waals surface area contributed by atoms with Crippen LogP contribution in [-0.4, -0.2) is 20.4 Å². The van der Waals surface area contributed by atoms with Crippen LogP contribution in [0.5, 0.6) is 0 Å². The number of aromatic nitrogens is 3. The molecule has 0 saturated carbocycles. The van der Waals surface area contributed by atoms with E-state index in [9.17, 15) is 4.79 Å². The number of pyridine rings is 1. The van der Waals surface area contributed by atoms with Crippen molar-refractivity contribution in [3.05, 3.63) is 65.9 Å². The summed E-state index contributed by atoms with van der Waals surface area (Å²) in [5.74, 6) is -0.215. The summed E-state index contributed by atoms with van der Waals surface area (Å²) in [6, 6.07) is 13.9. The first-order valence-corrected chi connectivity index (χ1v) is 8.90. The van der Waals surface area contributed by atoms with Crippen LogP contribution in [0.4, 0.5) is 5.69 Å². The van der Waals surface area contributed by atoms with E-state index in [2.05, 4.69) is 45.0 Å². The Morgan fingerprint density at radius 2 is 2.00 bits per heavy atom. The third-order valence-electron chi connectivity index (χ3n) is 4.02. The van der Waals surface area contributed by atoms with Crippen molar-refractivity contribution in [2.24, 2.45) is 0 Å². The summed E-state index contributed by atoms with van der Waals surface area (Å²) in [5.41, 5.74) is 3.34. The summed E-state index contributed by atoms with van der Waals surface area (Å²) in [7, 11) is 0. The van der Waals surface area contributed by atoms with Crippen LogP contribution >= 0.6 is 11.3 Å². The lowest BCUT2D eigenvalue weighted by molar-refractivity contribution is 0.102. The third kappa shape index (κ3) is 2.92. The van der Waals surface area contributed by atoms with Gasteiger partial charge in [0.15, 0.2) is 0 Å². The molecule has 1 N–H and O–H groups in total. The Balaban J connectivity index is 1.66. The number of amides is 1. The molecule has 0 aliphatic heterocycles. The minimum absolute atomic E-state index is 0.215. The number of benzene rings is 1. The van der Waals surface area contributed by atoms with Crippen LogP contribution in [0.3, 0.4) is 0 Å². The van der Waals surface area contributed by atoms with Gasteiger partial charge in [0.25, 0.3) is 5.91 Å². The van der Waals surface area contributed by atoms with Crippen LogP contribution in [0.25, 0.3) is 21.6 Å². The molecule has 0 saturated heterocycles. The predicted octanol–water partition coefficient (Wildman–Crippen LogP) is 4.43. The molecule has 25 heavy (non-hydrogen) atoms. The molecule has 4 aromatic rings. The number of fused-ring (bicyclic) bond motifs is 1. The van der Waals surface area contributed by atoms with Crippen molar-refractivity contribution in [1.29, 1.82) is 0 Å². The molecule has 0 unspecified atom stereocenters. The van der Waals surface area contributed by atoms with Crippen molar-refractivity contribution in [1.82, 2.24) is 14.5 Å². The van der Waals surface area contributed by atoms with Gasteiger partial charge in [-0.25, -0.2) is 4.98 Å². The number of anilines is 1. The Hall–Kier alpha value is -2.99. The lowest BCUT2D eigenvalue weighted by atomic mass is 10.2. The van der Waals surface area contributed by atoms with Gasteiger partial charge in [-0.05, 0) is 31.2 Å². The maximum Gasteiger partial charge on any atom is 0.275 e. The van der Waals surface area contributed by atoms with Gasteiger partial charge in [-0.3, -0.25) is 9.78 Å². The van der Waals surface area contributed by atoms with Crippen LogP contribution in [0.2, 0.25) is 0 Å². The summed E-state index contributed by atoms with van der Waals surface area (Å²) in [6.07, 6.45) is 3.28. The van der Waals surface area contributed by atoms with Gasteiger partial charge in [-0.2, -0.15) is 0 Å². The van der Waals surface area contributed by atoms with Crippen LogP contribution in [0.1, 0.15) is 17.4 Å². The van der Waals surface area contributed by atoms with Gasteiger partial charge in [0.2, 0.25) is 0 Å². The normalized spacial score (nSPS) is 10.9. The Bertz CT molecular complexity index is 1040. The highest BCUT2D eigenvalue weighted by molar-refractivity contribution is 7.13. The van der Waals surface area contributed by atoms with E-state index in [0.717, 1.165) is 17.2 Å². The lowest BCUT2D eigenvalue weighted by Crippen LogP contribution is -2.12. The van der Waals surface area contributed by atoms with Crippen LogP contribution in [0.15, 0.2) is 60.2 Å². The molecular weight excluding hydrogens is 332 g/mol. The van der Waals surface area contributed by atoms with Gasteiger partial charge in [-0.1, -0.05) is 18.2 Å². The second kappa shape index (κ2) is 6.49. The molecule has 4 rings (SSSR count). The van der Waals surface area contributed by atoms with E-state index in [1.54, 1.807) is 29.9 Å². The summed E-state index contributed by atoms with van der Waals surface area (Å²) in [5, 5.41) is 6.66. The van der Waals surface area contributed by atoms with E-state index in [1.165, 1.54) is 22.2 Å². The van der Waals surface area contributed by atoms with E-state index in [4.69, 9.17) is 0 Å². The number of rotatable bonds is 4. The highest BCUT2D eigenvalue weighted by Gasteiger charge is 2.16. The molecule has 0 spiro atoms. The molecule has 3 aromatic heterocycles. The quantitative estimate of drug-likeness (QED) is 0.593. The summed E-state index contributed by atoms with van der Waals surface area (Å²) in [6.45, 7) is 2.96. The number of carbonyl (C=O) groups is 1. The summed E-state index contributed by atoms with van der Waals surface area (Å²) in [4.78, 5) is 20.9. The zero-order chi connectivity index (χ0) is 17.2. The van der Waals surface area contributed by atoms with E-state index < -0.39 is 0 Å². The Morgan fingerprint density at radius 1 is 1.20 bits per heavy atom. The van der Waals surface area contributed by atoms with E-state index in [0.29, 0.717) is 11.4 Å². The number of hydrogen-bond acceptors (Lipinski definition) is 4. The fraction of sp³-hybridized carbons (Fsp3) is 0.105. The fourth-order valence-electron chi connectivity index (χ4n) is 2.85. The molecule has 0 aliphatic rings. The number of aryl methyl sites for hydroxylation is 1. The molecule has 3 heterocycles. The highest BCUT2D eigenvalue weighted by Crippen LogP contribution is 2.30. The number of nitrogens with zero attached hydrogens (tertiary/aromatic N) is 3. The largest absolute Gasteiger partial charge is 0.339 e. The molecule has 6 heteroatoms. The fourth-order valence-corrected chi connectivity index (χ4v) is 3.68. The molecule has 1 amide bonds. The second-order valence-electron chi connectivity index (χ2n) is 5.56. The molecule has 124 valence electrons. The van der Waals surface area contributed by atoms with Gasteiger partial charge in [0, 0.05) is 40.9 Å². The number of carbonyl (C=O) groups excluding carboxylic acids is 1. The number of nitrogens with one attached hydrogen (secondary N) is 1. The van der Waals surface area contributed by atoms with Crippen LogP contribution < -0.4 is 5.32 Å². The average molecular weight is 348 g/mol. The third-order valence-corrected chi connectivity index (χ3v) is 4.89. The topological polar surface area (TPSA) is 59.8 Å². The van der Waals surface area contributed by atoms with Gasteiger partial charge in [0.1, 0.15) is 10.7 Å². The van der Waals surface area contributed by atoms with E-state index in [1.807, 2.05) is 12.1 Å². The van der Waals surface area contributed by atoms with Crippen molar-refractivity contribution in [2.75, 3.05) is 5.32 Å². The molecular formula is C19H16N4OS. The monoisotopic (exact) mass is 348 g/mol. The maximum atomic E-state index is 12.4. The van der Waals surface area contributed by atoms with Crippen molar-refractivity contribution >= 4 is 33.8 Å². The highest BCUT2D eigenvalue weighted by atomic mass is 32.1. The standard InChI is InChI=1S/C19H16N4OS/c1-2-23-16-6-4-3-5-13(16)11-17(23)19-22-15(12-25-19)18(24)21-14-7-9-20-10-8-14/h3-12H,2H2,1H3,(H,20,21,24). The first-order chi connectivity index (χ1) is 12.3. The Kier molecular flexibility index (Phi) is 4.03. The Morgan fingerprint density at radius 3 is 2.80 bits per heavy atom. The van der Waals surface area contributed by atoms with Gasteiger partial charge in [0.05, 0.1) is 5.69 Å². The van der Waals surface area contributed by atoms with E-state index in [-0.39, 0.29) is 5.91 Å². The van der Waals surface area contributed by atoms with Gasteiger partial charge < -0.3 is 9.88 Å². The number of hydrogen-bond donors (Lipinski definition) is 1. The molecule has 0 fully saturated rings. The maximum absolute atomic E-state index is 12.4. The van der Waals surface area contributed by atoms with Crippen molar-refractivity contribution in [2.45, 2.75) is 13.5 Å². The first kappa shape index (κ1) is 15.5. The minimum atomic E-state index is -0.215. The summed E-state index contributed by atoms with van der Waals surface area (Å²) < 4.78 is 2.22. The number of thiazole rings is 1. The van der Waals surface area contributed by atoms with Crippen LogP contribution in [0, 0.1) is 0 Å². The minimum Gasteiger partial charge on any atom is -0.339 e. The van der Waals surface area contributed by atoms with Crippen LogP contribution in [-0.2, 0) is 6.54 Å². The SMILES string of the molecule is CCn1c(-c2nc(C(=O)Nc3ccncc3)cs2)cc2ccccc21. The van der Waals surface area contributed by atoms with Crippen molar-refractivity contribution in [3.63, 3.8) is 0 Å². The first-order valence-electron chi connectivity index (χ1n) is 8.02. The Labute approximate surface area is 149 Å². The number of para-hydroxylation sites is 1. The van der Waals surface area contributed by atoms with Crippen molar-refractivity contribution < 1.29 is 4.79 Å². The van der Waals surface area contributed by atoms with E-state index >= 15 is 0 Å². The molecule has 0 bridgehead atoms. The predicted molar refractivity (Wildman–Crippen MR) is 101 cm³/mol. The summed E-state index contributed by atoms with van der Waals surface area (Å²) >= 11 is 1.48. The lowest BCUT2D eigenvalue weighted by Gasteiger charge is -2.05. The van der Waals surface area contributed by atoms with Gasteiger partial charge in [-0.15, -0.1) is 11.3 Å². The molecule has 0 atom stereocenters. The average Bonchev–Trinajstić information content (AvgIpc) is 3.27. The molecule has 0 aliphatic carbocycles. The zero-order valence-electron chi connectivity index (χ0n) is 13.6. The zero-order valence-corrected chi connectivity index (χ0v) is 14.5. The van der Waals surface area contributed by atoms with Gasteiger partial charge >= 0.3 is 0 Å².